The minimum absolute atomic E-state index is 0.172. The standard InChI is InChI=1S/C18H18FN3O2/c1-10-4-6-15-13(8-10)17(22-21-15)18(23)20-11(2)12-5-7-16(24-3)14(19)9-12/h4-9,11H,1-3H3,(H,20,23)(H,21,22). The third kappa shape index (κ3) is 2.95. The molecule has 3 rings (SSSR count). The van der Waals surface area contributed by atoms with E-state index in [2.05, 4.69) is 15.5 Å². The number of aryl methyl sites for hydroxylation is 1. The van der Waals surface area contributed by atoms with Crippen LogP contribution in [0.25, 0.3) is 10.9 Å². The lowest BCUT2D eigenvalue weighted by atomic mass is 10.1. The number of ether oxygens (including phenoxy) is 1. The molecule has 2 aromatic carbocycles. The van der Waals surface area contributed by atoms with Crippen molar-refractivity contribution in [1.29, 1.82) is 0 Å². The van der Waals surface area contributed by atoms with E-state index >= 15 is 0 Å². The topological polar surface area (TPSA) is 67.0 Å². The fourth-order valence-corrected chi connectivity index (χ4v) is 2.60. The Kier molecular flexibility index (Phi) is 4.20. The van der Waals surface area contributed by atoms with Crippen molar-refractivity contribution in [3.8, 4) is 5.75 Å². The van der Waals surface area contributed by atoms with Gasteiger partial charge in [0.2, 0.25) is 0 Å². The molecule has 0 radical (unpaired) electrons. The number of fused-ring (bicyclic) bond motifs is 1. The van der Waals surface area contributed by atoms with Gasteiger partial charge in [-0.3, -0.25) is 9.89 Å². The van der Waals surface area contributed by atoms with Crippen molar-refractivity contribution in [1.82, 2.24) is 15.5 Å². The lowest BCUT2D eigenvalue weighted by molar-refractivity contribution is 0.0936. The van der Waals surface area contributed by atoms with Gasteiger partial charge in [-0.15, -0.1) is 0 Å². The Labute approximate surface area is 138 Å². The molecule has 0 saturated heterocycles. The third-order valence-corrected chi connectivity index (χ3v) is 3.96. The van der Waals surface area contributed by atoms with Crippen LogP contribution in [-0.4, -0.2) is 23.2 Å². The van der Waals surface area contributed by atoms with Crippen LogP contribution in [0.3, 0.4) is 0 Å². The van der Waals surface area contributed by atoms with Crippen molar-refractivity contribution in [2.45, 2.75) is 19.9 Å². The first-order valence-electron chi connectivity index (χ1n) is 7.58. The van der Waals surface area contributed by atoms with E-state index < -0.39 is 5.82 Å². The van der Waals surface area contributed by atoms with Gasteiger partial charge in [0.25, 0.3) is 5.91 Å². The Morgan fingerprint density at radius 3 is 2.79 bits per heavy atom. The first-order valence-corrected chi connectivity index (χ1v) is 7.58. The number of nitrogens with one attached hydrogen (secondary N) is 2. The first-order chi connectivity index (χ1) is 11.5. The molecule has 124 valence electrons. The lowest BCUT2D eigenvalue weighted by Crippen LogP contribution is -2.27. The van der Waals surface area contributed by atoms with Crippen LogP contribution in [-0.2, 0) is 0 Å². The quantitative estimate of drug-likeness (QED) is 0.770. The summed E-state index contributed by atoms with van der Waals surface area (Å²) in [7, 11) is 1.41. The SMILES string of the molecule is COc1ccc(C(C)NC(=O)c2n[nH]c3ccc(C)cc23)cc1F. The van der Waals surface area contributed by atoms with Crippen molar-refractivity contribution < 1.29 is 13.9 Å². The van der Waals surface area contributed by atoms with Crippen molar-refractivity contribution in [2.75, 3.05) is 7.11 Å². The van der Waals surface area contributed by atoms with Crippen molar-refractivity contribution in [3.05, 3.63) is 59.0 Å². The molecule has 1 atom stereocenters. The zero-order chi connectivity index (χ0) is 17.3. The minimum atomic E-state index is -0.461. The maximum absolute atomic E-state index is 13.8. The number of halogens is 1. The highest BCUT2D eigenvalue weighted by Crippen LogP contribution is 2.23. The predicted octanol–water partition coefficient (Wildman–Crippen LogP) is 3.51. The van der Waals surface area contributed by atoms with Crippen molar-refractivity contribution in [3.63, 3.8) is 0 Å². The van der Waals surface area contributed by atoms with Crippen LogP contribution in [0.1, 0.15) is 34.6 Å². The van der Waals surface area contributed by atoms with Crippen LogP contribution in [0.5, 0.6) is 5.75 Å². The third-order valence-electron chi connectivity index (χ3n) is 3.96. The molecule has 0 aliphatic heterocycles. The fraction of sp³-hybridized carbons (Fsp3) is 0.222. The highest BCUT2D eigenvalue weighted by Gasteiger charge is 2.18. The van der Waals surface area contributed by atoms with E-state index in [1.807, 2.05) is 25.1 Å². The van der Waals surface area contributed by atoms with Gasteiger partial charge >= 0.3 is 0 Å². The van der Waals surface area contributed by atoms with E-state index in [0.717, 1.165) is 16.5 Å². The Balaban J connectivity index is 1.83. The number of hydrogen-bond acceptors (Lipinski definition) is 3. The Hall–Kier alpha value is -2.89. The molecule has 0 spiro atoms. The van der Waals surface area contributed by atoms with Gasteiger partial charge in [0.05, 0.1) is 18.7 Å². The number of aromatic nitrogens is 2. The first kappa shape index (κ1) is 16.0. The minimum Gasteiger partial charge on any atom is -0.494 e. The summed E-state index contributed by atoms with van der Waals surface area (Å²) < 4.78 is 18.7. The summed E-state index contributed by atoms with van der Waals surface area (Å²) in [5.74, 6) is -0.599. The summed E-state index contributed by atoms with van der Waals surface area (Å²) in [6.45, 7) is 3.75. The van der Waals surface area contributed by atoms with Gasteiger partial charge in [-0.25, -0.2) is 4.39 Å². The maximum Gasteiger partial charge on any atom is 0.272 e. The molecule has 3 aromatic rings. The summed E-state index contributed by atoms with van der Waals surface area (Å²) in [6, 6.07) is 10.00. The zero-order valence-corrected chi connectivity index (χ0v) is 13.7. The molecule has 0 saturated carbocycles. The van der Waals surface area contributed by atoms with E-state index in [1.165, 1.54) is 13.2 Å². The van der Waals surface area contributed by atoms with E-state index in [0.29, 0.717) is 11.3 Å². The normalized spacial score (nSPS) is 12.2. The number of carbonyl (C=O) groups is 1. The molecule has 1 unspecified atom stereocenters. The lowest BCUT2D eigenvalue weighted by Gasteiger charge is -2.14. The Bertz CT molecular complexity index is 904. The molecule has 5 nitrogen and oxygen atoms in total. The number of nitrogens with zero attached hydrogens (tertiary/aromatic N) is 1. The van der Waals surface area contributed by atoms with Crippen LogP contribution in [0.15, 0.2) is 36.4 Å². The number of rotatable bonds is 4. The molecule has 0 aliphatic carbocycles. The van der Waals surface area contributed by atoms with Gasteiger partial charge in [0.1, 0.15) is 0 Å². The smallest absolute Gasteiger partial charge is 0.272 e. The number of carbonyl (C=O) groups excluding carboxylic acids is 1. The number of H-pyrrole nitrogens is 1. The summed E-state index contributed by atoms with van der Waals surface area (Å²) in [6.07, 6.45) is 0. The summed E-state index contributed by atoms with van der Waals surface area (Å²) >= 11 is 0. The molecular weight excluding hydrogens is 309 g/mol. The van der Waals surface area contributed by atoms with Gasteiger partial charge in [-0.05, 0) is 43.7 Å². The number of hydrogen-bond donors (Lipinski definition) is 2. The molecule has 2 N–H and O–H groups in total. The van der Waals surface area contributed by atoms with E-state index in [9.17, 15) is 9.18 Å². The van der Waals surface area contributed by atoms with Crippen molar-refractivity contribution in [2.24, 2.45) is 0 Å². The average Bonchev–Trinajstić information content (AvgIpc) is 2.97. The Morgan fingerprint density at radius 2 is 2.08 bits per heavy atom. The Morgan fingerprint density at radius 1 is 1.29 bits per heavy atom. The largest absolute Gasteiger partial charge is 0.494 e. The second kappa shape index (κ2) is 6.31. The second-order valence-corrected chi connectivity index (χ2v) is 5.71. The van der Waals surface area contributed by atoms with Crippen molar-refractivity contribution >= 4 is 16.8 Å². The van der Waals surface area contributed by atoms with Crippen LogP contribution < -0.4 is 10.1 Å². The maximum atomic E-state index is 13.8. The molecule has 1 amide bonds. The molecule has 0 bridgehead atoms. The van der Waals surface area contributed by atoms with Crippen LogP contribution in [0, 0.1) is 12.7 Å². The van der Waals surface area contributed by atoms with Gasteiger partial charge in [-0.1, -0.05) is 17.7 Å². The summed E-state index contributed by atoms with van der Waals surface area (Å²) in [4.78, 5) is 12.5. The summed E-state index contributed by atoms with van der Waals surface area (Å²) in [5.41, 5.74) is 2.82. The van der Waals surface area contributed by atoms with E-state index in [1.54, 1.807) is 19.1 Å². The predicted molar refractivity (Wildman–Crippen MR) is 89.7 cm³/mol. The highest BCUT2D eigenvalue weighted by molar-refractivity contribution is 6.04. The zero-order valence-electron chi connectivity index (χ0n) is 13.7. The molecule has 1 aromatic heterocycles. The monoisotopic (exact) mass is 327 g/mol. The number of amides is 1. The second-order valence-electron chi connectivity index (χ2n) is 5.71. The van der Waals surface area contributed by atoms with Crippen LogP contribution in [0.4, 0.5) is 4.39 Å². The van der Waals surface area contributed by atoms with Gasteiger partial charge in [-0.2, -0.15) is 5.10 Å². The van der Waals surface area contributed by atoms with Gasteiger partial charge < -0.3 is 10.1 Å². The van der Waals surface area contributed by atoms with Crippen LogP contribution >= 0.6 is 0 Å². The molecule has 6 heteroatoms. The molecule has 24 heavy (non-hydrogen) atoms. The van der Waals surface area contributed by atoms with E-state index in [-0.39, 0.29) is 17.7 Å². The highest BCUT2D eigenvalue weighted by atomic mass is 19.1. The number of aromatic amines is 1. The van der Waals surface area contributed by atoms with Gasteiger partial charge in [0.15, 0.2) is 17.3 Å². The molecule has 1 heterocycles. The van der Waals surface area contributed by atoms with E-state index in [4.69, 9.17) is 4.74 Å². The molecular formula is C18H18FN3O2. The fourth-order valence-electron chi connectivity index (χ4n) is 2.60. The number of benzene rings is 2. The summed E-state index contributed by atoms with van der Waals surface area (Å²) in [5, 5.41) is 10.6. The average molecular weight is 327 g/mol. The molecule has 0 fully saturated rings. The van der Waals surface area contributed by atoms with Crippen LogP contribution in [0.2, 0.25) is 0 Å². The molecule has 0 aliphatic rings. The van der Waals surface area contributed by atoms with Gasteiger partial charge in [0, 0.05) is 5.39 Å². The number of methoxy groups -OCH3 is 1.